The van der Waals surface area contributed by atoms with E-state index in [2.05, 4.69) is 0 Å². The Morgan fingerprint density at radius 1 is 1.25 bits per heavy atom. The summed E-state index contributed by atoms with van der Waals surface area (Å²) in [6, 6.07) is 0. The van der Waals surface area contributed by atoms with Crippen molar-refractivity contribution in [3.8, 4) is 0 Å². The van der Waals surface area contributed by atoms with Crippen molar-refractivity contribution in [3.63, 3.8) is 0 Å². The Morgan fingerprint density at radius 2 is 1.75 bits per heavy atom. The third kappa shape index (κ3) is 2.28. The van der Waals surface area contributed by atoms with Gasteiger partial charge in [-0.05, 0) is 13.3 Å². The lowest BCUT2D eigenvalue weighted by atomic mass is 10.4. The second-order valence-electron chi connectivity index (χ2n) is 1.66. The van der Waals surface area contributed by atoms with Crippen molar-refractivity contribution in [2.24, 2.45) is 0 Å². The molecule has 1 rings (SSSR count). The second-order valence-corrected chi connectivity index (χ2v) is 1.66. The van der Waals surface area contributed by atoms with Crippen molar-refractivity contribution in [3.05, 3.63) is 0 Å². The molecule has 1 fully saturated rings. The molecule has 0 atom stereocenters. The van der Waals surface area contributed by atoms with Gasteiger partial charge in [0.2, 0.25) is 0 Å². The molecule has 0 aromatic heterocycles. The van der Waals surface area contributed by atoms with Crippen LogP contribution in [0.25, 0.3) is 0 Å². The molecule has 1 saturated heterocycles. The molecular formula is C6H14O2. The van der Waals surface area contributed by atoms with Gasteiger partial charge in [0.05, 0.1) is 13.2 Å². The van der Waals surface area contributed by atoms with E-state index >= 15 is 0 Å². The highest BCUT2D eigenvalue weighted by Crippen LogP contribution is 2.01. The Labute approximate surface area is 50.8 Å². The van der Waals surface area contributed by atoms with E-state index in [-0.39, 0.29) is 13.7 Å². The van der Waals surface area contributed by atoms with Crippen LogP contribution in [0.3, 0.4) is 0 Å². The van der Waals surface area contributed by atoms with Crippen molar-refractivity contribution < 1.29 is 9.47 Å². The maximum absolute atomic E-state index is 5.06. The molecule has 50 valence electrons. The molecule has 8 heavy (non-hydrogen) atoms. The third-order valence-corrected chi connectivity index (χ3v) is 0.994. The zero-order valence-electron chi connectivity index (χ0n) is 4.52. The predicted molar refractivity (Wildman–Crippen MR) is 32.7 cm³/mol. The molecule has 0 unspecified atom stereocenters. The lowest BCUT2D eigenvalue weighted by Gasteiger charge is -2.18. The topological polar surface area (TPSA) is 18.5 Å². The first kappa shape index (κ1) is 7.92. The van der Waals surface area contributed by atoms with Crippen LogP contribution in [0.2, 0.25) is 0 Å². The van der Waals surface area contributed by atoms with Crippen LogP contribution in [0.15, 0.2) is 0 Å². The minimum absolute atomic E-state index is 0. The van der Waals surface area contributed by atoms with Crippen LogP contribution in [0, 0.1) is 0 Å². The van der Waals surface area contributed by atoms with E-state index in [4.69, 9.17) is 9.47 Å². The van der Waals surface area contributed by atoms with E-state index in [0.29, 0.717) is 0 Å². The van der Waals surface area contributed by atoms with Crippen LogP contribution in [-0.2, 0) is 9.47 Å². The van der Waals surface area contributed by atoms with Gasteiger partial charge in [-0.15, -0.1) is 0 Å². The molecular weight excluding hydrogens is 104 g/mol. The summed E-state index contributed by atoms with van der Waals surface area (Å²) in [5, 5.41) is 0. The van der Waals surface area contributed by atoms with Crippen molar-refractivity contribution in [2.45, 2.75) is 27.1 Å². The Kier molecular flexibility index (Phi) is 3.83. The van der Waals surface area contributed by atoms with E-state index in [1.807, 2.05) is 6.92 Å². The zero-order valence-corrected chi connectivity index (χ0v) is 4.52. The SMILES string of the molecule is C.CC1OCCCO1. The quantitative estimate of drug-likeness (QED) is 0.478. The minimum Gasteiger partial charge on any atom is -0.353 e. The van der Waals surface area contributed by atoms with Crippen LogP contribution in [0.5, 0.6) is 0 Å². The van der Waals surface area contributed by atoms with Crippen LogP contribution in [0.4, 0.5) is 0 Å². The van der Waals surface area contributed by atoms with Gasteiger partial charge in [-0.25, -0.2) is 0 Å². The smallest absolute Gasteiger partial charge is 0.154 e. The Hall–Kier alpha value is -0.0800. The summed E-state index contributed by atoms with van der Waals surface area (Å²) in [6.07, 6.45) is 1.08. The highest BCUT2D eigenvalue weighted by molar-refractivity contribution is 4.42. The van der Waals surface area contributed by atoms with E-state index in [1.165, 1.54) is 0 Å². The normalized spacial score (nSPS) is 22.1. The molecule has 0 bridgehead atoms. The van der Waals surface area contributed by atoms with Crippen molar-refractivity contribution in [1.82, 2.24) is 0 Å². The van der Waals surface area contributed by atoms with Crippen molar-refractivity contribution in [2.75, 3.05) is 13.2 Å². The first-order chi connectivity index (χ1) is 3.39. The molecule has 0 N–H and O–H groups in total. The molecule has 0 spiro atoms. The molecule has 1 heterocycles. The molecule has 0 aromatic carbocycles. The van der Waals surface area contributed by atoms with Gasteiger partial charge in [-0.3, -0.25) is 0 Å². The van der Waals surface area contributed by atoms with E-state index in [9.17, 15) is 0 Å². The van der Waals surface area contributed by atoms with Gasteiger partial charge in [-0.2, -0.15) is 0 Å². The average Bonchev–Trinajstić information content (AvgIpc) is 1.69. The van der Waals surface area contributed by atoms with E-state index < -0.39 is 0 Å². The highest BCUT2D eigenvalue weighted by atomic mass is 16.7. The van der Waals surface area contributed by atoms with Crippen LogP contribution in [0.1, 0.15) is 20.8 Å². The summed E-state index contributed by atoms with van der Waals surface area (Å²) >= 11 is 0. The lowest BCUT2D eigenvalue weighted by Crippen LogP contribution is -2.21. The van der Waals surface area contributed by atoms with Gasteiger partial charge >= 0.3 is 0 Å². The largest absolute Gasteiger partial charge is 0.353 e. The van der Waals surface area contributed by atoms with Gasteiger partial charge < -0.3 is 9.47 Å². The highest BCUT2D eigenvalue weighted by Gasteiger charge is 2.05. The zero-order chi connectivity index (χ0) is 5.11. The van der Waals surface area contributed by atoms with Gasteiger partial charge in [0.25, 0.3) is 0 Å². The summed E-state index contributed by atoms with van der Waals surface area (Å²) in [5.74, 6) is 0. The second kappa shape index (κ2) is 3.87. The maximum atomic E-state index is 5.06. The number of ether oxygens (including phenoxy) is 2. The molecule has 2 heteroatoms. The number of hydrogen-bond donors (Lipinski definition) is 0. The Morgan fingerprint density at radius 3 is 2.00 bits per heavy atom. The molecule has 0 saturated carbocycles. The monoisotopic (exact) mass is 118 g/mol. The fourth-order valence-corrected chi connectivity index (χ4v) is 0.606. The van der Waals surface area contributed by atoms with Crippen molar-refractivity contribution in [1.29, 1.82) is 0 Å². The molecule has 2 nitrogen and oxygen atoms in total. The van der Waals surface area contributed by atoms with Gasteiger partial charge in [0.15, 0.2) is 6.29 Å². The molecule has 1 aliphatic rings. The third-order valence-electron chi connectivity index (χ3n) is 0.994. The maximum Gasteiger partial charge on any atom is 0.154 e. The van der Waals surface area contributed by atoms with Crippen molar-refractivity contribution >= 4 is 0 Å². The minimum atomic E-state index is 0. The molecule has 0 radical (unpaired) electrons. The van der Waals surface area contributed by atoms with Gasteiger partial charge in [-0.1, -0.05) is 7.43 Å². The van der Waals surface area contributed by atoms with E-state index in [1.54, 1.807) is 0 Å². The van der Waals surface area contributed by atoms with Crippen LogP contribution >= 0.6 is 0 Å². The summed E-state index contributed by atoms with van der Waals surface area (Å²) < 4.78 is 10.1. The number of hydrogen-bond acceptors (Lipinski definition) is 2. The molecule has 0 amide bonds. The number of rotatable bonds is 0. The van der Waals surface area contributed by atoms with Gasteiger partial charge in [0, 0.05) is 0 Å². The van der Waals surface area contributed by atoms with Crippen LogP contribution in [-0.4, -0.2) is 19.5 Å². The van der Waals surface area contributed by atoms with E-state index in [0.717, 1.165) is 19.6 Å². The fraction of sp³-hybridized carbons (Fsp3) is 1.00. The lowest BCUT2D eigenvalue weighted by molar-refractivity contribution is -0.167. The summed E-state index contributed by atoms with van der Waals surface area (Å²) in [4.78, 5) is 0. The summed E-state index contributed by atoms with van der Waals surface area (Å²) in [7, 11) is 0. The average molecular weight is 118 g/mol. The Balaban J connectivity index is 0.000000490. The Bertz CT molecular complexity index is 48.5. The molecule has 0 aromatic rings. The standard InChI is InChI=1S/C5H10O2.CH4/c1-5-6-3-2-4-7-5;/h5H,2-4H2,1H3;1H4. The summed E-state index contributed by atoms with van der Waals surface area (Å²) in [6.45, 7) is 3.64. The van der Waals surface area contributed by atoms with Gasteiger partial charge in [0.1, 0.15) is 0 Å². The fourth-order valence-electron chi connectivity index (χ4n) is 0.606. The molecule has 0 aliphatic carbocycles. The first-order valence-electron chi connectivity index (χ1n) is 2.63. The predicted octanol–water partition coefficient (Wildman–Crippen LogP) is 1.41. The summed E-state index contributed by atoms with van der Waals surface area (Å²) in [5.41, 5.74) is 0. The van der Waals surface area contributed by atoms with Crippen LogP contribution < -0.4 is 0 Å². The first-order valence-corrected chi connectivity index (χ1v) is 2.63. The molecule has 1 aliphatic heterocycles.